The van der Waals surface area contributed by atoms with E-state index in [-0.39, 0.29) is 24.4 Å². The van der Waals surface area contributed by atoms with Crippen molar-refractivity contribution >= 4 is 17.3 Å². The number of carbonyl (C=O) groups excluding carboxylic acids is 1. The Morgan fingerprint density at radius 1 is 1.32 bits per heavy atom. The number of hydrogen-bond acceptors (Lipinski definition) is 3. The summed E-state index contributed by atoms with van der Waals surface area (Å²) in [5.74, 6) is -2.57. The molecule has 0 spiro atoms. The zero-order valence-corrected chi connectivity index (χ0v) is 9.76. The highest BCUT2D eigenvalue weighted by molar-refractivity contribution is 5.91. The Labute approximate surface area is 106 Å². The number of alkyl halides is 2. The molecule has 0 unspecified atom stereocenters. The topological polar surface area (TPSA) is 64.3 Å². The summed E-state index contributed by atoms with van der Waals surface area (Å²) in [6.45, 7) is -1.00. The molecular formula is C11H12F4N2O2. The van der Waals surface area contributed by atoms with Crippen LogP contribution in [0.2, 0.25) is 0 Å². The summed E-state index contributed by atoms with van der Waals surface area (Å²) in [6, 6.07) is 1.47. The van der Waals surface area contributed by atoms with Gasteiger partial charge in [-0.1, -0.05) is 0 Å². The van der Waals surface area contributed by atoms with Crippen LogP contribution in [0.3, 0.4) is 0 Å². The highest BCUT2D eigenvalue weighted by Gasteiger charge is 2.11. The van der Waals surface area contributed by atoms with Crippen molar-refractivity contribution in [3.63, 3.8) is 0 Å². The van der Waals surface area contributed by atoms with Crippen molar-refractivity contribution in [3.05, 3.63) is 23.8 Å². The molecule has 1 amide bonds. The predicted molar refractivity (Wildman–Crippen MR) is 60.8 cm³/mol. The molecule has 1 aromatic carbocycles. The van der Waals surface area contributed by atoms with Gasteiger partial charge in [-0.05, 0) is 6.07 Å². The summed E-state index contributed by atoms with van der Waals surface area (Å²) in [4.78, 5) is 11.3. The van der Waals surface area contributed by atoms with E-state index in [4.69, 9.17) is 5.73 Å². The fourth-order valence-electron chi connectivity index (χ4n) is 1.21. The van der Waals surface area contributed by atoms with Gasteiger partial charge in [-0.3, -0.25) is 4.79 Å². The van der Waals surface area contributed by atoms with E-state index in [9.17, 15) is 22.4 Å². The molecule has 19 heavy (non-hydrogen) atoms. The van der Waals surface area contributed by atoms with Crippen LogP contribution < -0.4 is 11.1 Å². The maximum Gasteiger partial charge on any atom is 0.261 e. The molecule has 0 atom stereocenters. The Bertz CT molecular complexity index is 455. The molecule has 106 valence electrons. The van der Waals surface area contributed by atoms with Crippen LogP contribution in [0.4, 0.5) is 28.9 Å². The second kappa shape index (κ2) is 6.93. The summed E-state index contributed by atoms with van der Waals surface area (Å²) >= 11 is 0. The van der Waals surface area contributed by atoms with Crippen molar-refractivity contribution < 1.29 is 27.1 Å². The molecule has 8 heteroatoms. The van der Waals surface area contributed by atoms with Crippen molar-refractivity contribution in [1.82, 2.24) is 0 Å². The number of benzene rings is 1. The zero-order chi connectivity index (χ0) is 14.4. The molecule has 0 bridgehead atoms. The molecule has 0 fully saturated rings. The average Bonchev–Trinajstić information content (AvgIpc) is 2.31. The first kappa shape index (κ1) is 15.2. The molecule has 0 aliphatic carbocycles. The van der Waals surface area contributed by atoms with E-state index in [1.165, 1.54) is 0 Å². The number of halogens is 4. The number of carbonyl (C=O) groups is 1. The van der Waals surface area contributed by atoms with Gasteiger partial charge in [0.05, 0.1) is 24.4 Å². The molecule has 1 rings (SSSR count). The van der Waals surface area contributed by atoms with Crippen LogP contribution >= 0.6 is 0 Å². The first-order valence-corrected chi connectivity index (χ1v) is 5.30. The molecule has 0 aliphatic heterocycles. The van der Waals surface area contributed by atoms with Crippen molar-refractivity contribution in [2.75, 3.05) is 24.3 Å². The molecular weight excluding hydrogens is 268 g/mol. The second-order valence-electron chi connectivity index (χ2n) is 3.62. The number of nitrogens with one attached hydrogen (secondary N) is 1. The number of hydrogen-bond donors (Lipinski definition) is 2. The largest absolute Gasteiger partial charge is 0.396 e. The van der Waals surface area contributed by atoms with Crippen molar-refractivity contribution in [2.45, 2.75) is 12.8 Å². The lowest BCUT2D eigenvalue weighted by molar-refractivity contribution is -0.117. The number of nitrogen functional groups attached to an aromatic ring is 1. The first-order valence-electron chi connectivity index (χ1n) is 5.30. The highest BCUT2D eigenvalue weighted by Crippen LogP contribution is 2.21. The van der Waals surface area contributed by atoms with Gasteiger partial charge in [0.2, 0.25) is 5.91 Å². The smallest absolute Gasteiger partial charge is 0.261 e. The quantitative estimate of drug-likeness (QED) is 0.477. The average molecular weight is 280 g/mol. The van der Waals surface area contributed by atoms with Crippen LogP contribution in [0.25, 0.3) is 0 Å². The third-order valence-electron chi connectivity index (χ3n) is 2.08. The molecule has 0 aromatic heterocycles. The zero-order valence-electron chi connectivity index (χ0n) is 9.76. The molecule has 0 radical (unpaired) electrons. The number of nitrogens with two attached hydrogens (primary N) is 1. The van der Waals surface area contributed by atoms with Crippen LogP contribution in [0, 0.1) is 11.6 Å². The van der Waals surface area contributed by atoms with Gasteiger partial charge in [0.15, 0.2) is 0 Å². The number of ether oxygens (including phenoxy) is 1. The van der Waals surface area contributed by atoms with E-state index in [1.807, 2.05) is 0 Å². The Balaban J connectivity index is 2.46. The van der Waals surface area contributed by atoms with Gasteiger partial charge in [-0.25, -0.2) is 17.6 Å². The maximum atomic E-state index is 13.2. The molecule has 1 aromatic rings. The van der Waals surface area contributed by atoms with Crippen molar-refractivity contribution in [3.8, 4) is 0 Å². The molecule has 3 N–H and O–H groups in total. The van der Waals surface area contributed by atoms with Crippen LogP contribution in [-0.4, -0.2) is 25.5 Å². The third-order valence-corrected chi connectivity index (χ3v) is 2.08. The van der Waals surface area contributed by atoms with Gasteiger partial charge in [-0.2, -0.15) is 0 Å². The Morgan fingerprint density at radius 2 is 2.00 bits per heavy atom. The summed E-state index contributed by atoms with van der Waals surface area (Å²) < 4.78 is 54.0. The maximum absolute atomic E-state index is 13.2. The standard InChI is InChI=1S/C11H12F4N2O2/c12-6-3-7(13)9(4-8(6)16)17-11(18)1-2-19-5-10(14)15/h3-4,10H,1-2,5,16H2,(H,17,18). The molecule has 0 saturated heterocycles. The highest BCUT2D eigenvalue weighted by atomic mass is 19.3. The van der Waals surface area contributed by atoms with Gasteiger partial charge >= 0.3 is 0 Å². The molecule has 0 saturated carbocycles. The molecule has 4 nitrogen and oxygen atoms in total. The lowest BCUT2D eigenvalue weighted by Gasteiger charge is -2.08. The van der Waals surface area contributed by atoms with Gasteiger partial charge in [0.25, 0.3) is 6.43 Å². The Kier molecular flexibility index (Phi) is 5.56. The summed E-state index contributed by atoms with van der Waals surface area (Å²) in [7, 11) is 0. The predicted octanol–water partition coefficient (Wildman–Crippen LogP) is 2.16. The van der Waals surface area contributed by atoms with E-state index in [2.05, 4.69) is 10.1 Å². The van der Waals surface area contributed by atoms with E-state index < -0.39 is 30.6 Å². The summed E-state index contributed by atoms with van der Waals surface area (Å²) in [6.07, 6.45) is -2.85. The van der Waals surface area contributed by atoms with Crippen LogP contribution in [0.1, 0.15) is 6.42 Å². The van der Waals surface area contributed by atoms with Gasteiger partial charge in [0.1, 0.15) is 18.2 Å². The lowest BCUT2D eigenvalue weighted by Crippen LogP contribution is -2.16. The monoisotopic (exact) mass is 280 g/mol. The van der Waals surface area contributed by atoms with Gasteiger partial charge in [0, 0.05) is 6.07 Å². The molecule has 0 aliphatic rings. The normalized spacial score (nSPS) is 10.8. The Hall–Kier alpha value is -1.83. The number of anilines is 2. The minimum absolute atomic E-state index is 0.228. The SMILES string of the molecule is Nc1cc(NC(=O)CCOCC(F)F)c(F)cc1F. The van der Waals surface area contributed by atoms with E-state index in [1.54, 1.807) is 0 Å². The summed E-state index contributed by atoms with van der Waals surface area (Å²) in [5.41, 5.74) is 4.63. The van der Waals surface area contributed by atoms with Crippen LogP contribution in [-0.2, 0) is 9.53 Å². The number of rotatable bonds is 6. The van der Waals surface area contributed by atoms with Crippen molar-refractivity contribution in [1.29, 1.82) is 0 Å². The van der Waals surface area contributed by atoms with E-state index >= 15 is 0 Å². The van der Waals surface area contributed by atoms with Crippen molar-refractivity contribution in [2.24, 2.45) is 0 Å². The fraction of sp³-hybridized carbons (Fsp3) is 0.364. The Morgan fingerprint density at radius 3 is 2.63 bits per heavy atom. The minimum atomic E-state index is -2.61. The minimum Gasteiger partial charge on any atom is -0.396 e. The van der Waals surface area contributed by atoms with E-state index in [0.717, 1.165) is 6.07 Å². The van der Waals surface area contributed by atoms with Crippen LogP contribution in [0.15, 0.2) is 12.1 Å². The van der Waals surface area contributed by atoms with Gasteiger partial charge < -0.3 is 15.8 Å². The fourth-order valence-corrected chi connectivity index (χ4v) is 1.21. The van der Waals surface area contributed by atoms with E-state index in [0.29, 0.717) is 6.07 Å². The van der Waals surface area contributed by atoms with Crippen LogP contribution in [0.5, 0.6) is 0 Å². The summed E-state index contributed by atoms with van der Waals surface area (Å²) in [5, 5.41) is 2.14. The lowest BCUT2D eigenvalue weighted by atomic mass is 10.2. The third kappa shape index (κ3) is 5.12. The molecule has 0 heterocycles. The first-order chi connectivity index (χ1) is 8.90. The second-order valence-corrected chi connectivity index (χ2v) is 3.62. The van der Waals surface area contributed by atoms with Gasteiger partial charge in [-0.15, -0.1) is 0 Å². The number of amides is 1.